The van der Waals surface area contributed by atoms with Crippen LogP contribution in [0, 0.1) is 5.92 Å². The molecule has 0 radical (unpaired) electrons. The third-order valence-corrected chi connectivity index (χ3v) is 9.44. The van der Waals surface area contributed by atoms with Gasteiger partial charge in [0.2, 0.25) is 8.41 Å². The van der Waals surface area contributed by atoms with Crippen molar-refractivity contribution in [2.24, 2.45) is 5.92 Å². The van der Waals surface area contributed by atoms with E-state index in [1.165, 1.54) is 0 Å². The molecule has 2 amide bonds. The van der Waals surface area contributed by atoms with Crippen molar-refractivity contribution in [2.75, 3.05) is 23.4 Å². The van der Waals surface area contributed by atoms with Gasteiger partial charge < -0.3 is 24.2 Å². The Bertz CT molecular complexity index is 1100. The average Bonchev–Trinajstić information content (AvgIpc) is 3.22. The second-order valence-electron chi connectivity index (χ2n) is 9.54. The van der Waals surface area contributed by atoms with Crippen LogP contribution in [-0.4, -0.2) is 44.6 Å². The van der Waals surface area contributed by atoms with Crippen LogP contribution in [0.2, 0.25) is 18.6 Å². The topological polar surface area (TPSA) is 78.9 Å². The van der Waals surface area contributed by atoms with Crippen LogP contribution in [0.25, 0.3) is 0 Å². The highest BCUT2D eigenvalue weighted by molar-refractivity contribution is 6.72. The molecule has 0 aromatic heterocycles. The molecule has 4 rings (SSSR count). The maximum atomic E-state index is 15.5. The van der Waals surface area contributed by atoms with Crippen molar-refractivity contribution in [1.82, 2.24) is 0 Å². The zero-order valence-electron chi connectivity index (χ0n) is 19.8. The smallest absolute Gasteiger partial charge is 0.264 e. The maximum Gasteiger partial charge on any atom is 0.264 e. The number of rotatable bonds is 7. The Kier molecular flexibility index (Phi) is 6.50. The van der Waals surface area contributed by atoms with Gasteiger partial charge in [0.1, 0.15) is 0 Å². The summed E-state index contributed by atoms with van der Waals surface area (Å²) in [7, 11) is -3.25. The second kappa shape index (κ2) is 9.09. The van der Waals surface area contributed by atoms with Gasteiger partial charge in [-0.15, -0.1) is 6.58 Å². The summed E-state index contributed by atoms with van der Waals surface area (Å²) in [6.45, 7) is 9.02. The van der Waals surface area contributed by atoms with Crippen LogP contribution in [0.15, 0.2) is 61.2 Å². The molecule has 1 fully saturated rings. The van der Waals surface area contributed by atoms with E-state index in [0.717, 1.165) is 0 Å². The highest BCUT2D eigenvalue weighted by Crippen LogP contribution is 2.60. The predicted octanol–water partition coefficient (Wildman–Crippen LogP) is 4.63. The number of anilines is 2. The van der Waals surface area contributed by atoms with Crippen molar-refractivity contribution in [1.29, 1.82) is 0 Å². The second-order valence-corrected chi connectivity index (χ2v) is 13.3. The fourth-order valence-electron chi connectivity index (χ4n) is 5.63. The van der Waals surface area contributed by atoms with Crippen LogP contribution < -0.4 is 10.2 Å². The number of aliphatic hydroxyl groups excluding tert-OH is 1. The quantitative estimate of drug-likeness (QED) is 0.343. The molecule has 0 saturated carbocycles. The number of ether oxygens (including phenoxy) is 1. The SMILES string of the molecule is C=CCN1C(=O)[C@]2(O[C@H](CCO)[C@@H]([Si](C)(C)F)[C@@H]2C)c2cc(NC(=O)c3ccccc3)ccc21. The van der Waals surface area contributed by atoms with Gasteiger partial charge in [0.15, 0.2) is 5.60 Å². The number of amides is 2. The number of hydrogen-bond donors (Lipinski definition) is 2. The first-order valence-corrected chi connectivity index (χ1v) is 14.5. The molecule has 2 aliphatic rings. The van der Waals surface area contributed by atoms with Crippen LogP contribution in [-0.2, 0) is 15.1 Å². The van der Waals surface area contributed by atoms with Crippen LogP contribution >= 0.6 is 0 Å². The third-order valence-electron chi connectivity index (χ3n) is 6.98. The lowest BCUT2D eigenvalue weighted by Gasteiger charge is -2.31. The summed E-state index contributed by atoms with van der Waals surface area (Å²) in [4.78, 5) is 28.2. The Hall–Kier alpha value is -2.81. The first kappa shape index (κ1) is 24.3. The number of fused-ring (bicyclic) bond motifs is 2. The van der Waals surface area contributed by atoms with E-state index in [9.17, 15) is 14.7 Å². The van der Waals surface area contributed by atoms with Gasteiger partial charge in [-0.25, -0.2) is 0 Å². The van der Waals surface area contributed by atoms with Crippen LogP contribution in [0.4, 0.5) is 15.5 Å². The molecular weight excluding hydrogens is 451 g/mol. The standard InChI is InChI=1S/C26H31FN2O4Si/c1-5-14-29-21-12-11-19(28-24(31)18-9-7-6-8-10-18)16-20(21)26(25(29)32)17(2)23(34(3,4)27)22(33-26)13-15-30/h5-12,16-17,22-23,30H,1,13-15H2,2-4H3,(H,28,31)/t17-,22+,23-,26+/m0/s1. The molecule has 1 spiro atoms. The fraction of sp³-hybridized carbons (Fsp3) is 0.385. The number of carbonyl (C=O) groups is 2. The molecule has 180 valence electrons. The molecule has 0 bridgehead atoms. The lowest BCUT2D eigenvalue weighted by molar-refractivity contribution is -0.146. The zero-order valence-corrected chi connectivity index (χ0v) is 20.8. The number of aliphatic hydroxyl groups is 1. The Labute approximate surface area is 200 Å². The summed E-state index contributed by atoms with van der Waals surface area (Å²) in [5.74, 6) is -0.974. The summed E-state index contributed by atoms with van der Waals surface area (Å²) in [6, 6.07) is 14.2. The number of nitrogens with zero attached hydrogens (tertiary/aromatic N) is 1. The van der Waals surface area contributed by atoms with E-state index in [0.29, 0.717) is 22.5 Å². The normalized spacial score (nSPS) is 26.1. The third kappa shape index (κ3) is 3.89. The predicted molar refractivity (Wildman–Crippen MR) is 133 cm³/mol. The molecule has 2 aliphatic heterocycles. The van der Waals surface area contributed by atoms with E-state index in [-0.39, 0.29) is 31.4 Å². The van der Waals surface area contributed by atoms with E-state index in [1.54, 1.807) is 66.5 Å². The van der Waals surface area contributed by atoms with Crippen molar-refractivity contribution < 1.29 is 23.5 Å². The Morgan fingerprint density at radius 3 is 2.62 bits per heavy atom. The van der Waals surface area contributed by atoms with Gasteiger partial charge in [0, 0.05) is 41.4 Å². The fourth-order valence-corrected chi connectivity index (χ4v) is 8.17. The van der Waals surface area contributed by atoms with E-state index in [2.05, 4.69) is 11.9 Å². The lowest BCUT2D eigenvalue weighted by atomic mass is 9.82. The summed E-state index contributed by atoms with van der Waals surface area (Å²) < 4.78 is 22.0. The summed E-state index contributed by atoms with van der Waals surface area (Å²) >= 11 is 0. The monoisotopic (exact) mass is 482 g/mol. The van der Waals surface area contributed by atoms with Gasteiger partial charge in [-0.1, -0.05) is 31.2 Å². The number of benzene rings is 2. The maximum absolute atomic E-state index is 15.5. The molecule has 2 aromatic carbocycles. The summed E-state index contributed by atoms with van der Waals surface area (Å²) in [6.07, 6.45) is 1.32. The van der Waals surface area contributed by atoms with E-state index < -0.39 is 31.6 Å². The van der Waals surface area contributed by atoms with Crippen LogP contribution in [0.1, 0.15) is 29.3 Å². The summed E-state index contributed by atoms with van der Waals surface area (Å²) in [5, 5.41) is 12.5. The number of nitrogens with one attached hydrogen (secondary N) is 1. The number of halogens is 1. The highest BCUT2D eigenvalue weighted by Gasteiger charge is 2.66. The van der Waals surface area contributed by atoms with Gasteiger partial charge >= 0.3 is 0 Å². The molecule has 34 heavy (non-hydrogen) atoms. The molecule has 2 N–H and O–H groups in total. The molecule has 4 atom stereocenters. The van der Waals surface area contributed by atoms with Crippen molar-refractivity contribution in [3.63, 3.8) is 0 Å². The number of carbonyl (C=O) groups excluding carboxylic acids is 2. The zero-order chi connectivity index (χ0) is 24.7. The van der Waals surface area contributed by atoms with E-state index in [4.69, 9.17) is 4.74 Å². The molecule has 0 unspecified atom stereocenters. The van der Waals surface area contributed by atoms with E-state index >= 15 is 4.11 Å². The molecule has 6 nitrogen and oxygen atoms in total. The Morgan fingerprint density at radius 1 is 1.29 bits per heavy atom. The van der Waals surface area contributed by atoms with Crippen LogP contribution in [0.3, 0.4) is 0 Å². The van der Waals surface area contributed by atoms with Crippen molar-refractivity contribution >= 4 is 31.6 Å². The highest BCUT2D eigenvalue weighted by atomic mass is 28.4. The molecular formula is C26H31FN2O4Si. The van der Waals surface area contributed by atoms with Gasteiger partial charge in [0.05, 0.1) is 11.8 Å². The first-order chi connectivity index (χ1) is 16.1. The first-order valence-electron chi connectivity index (χ1n) is 11.6. The van der Waals surface area contributed by atoms with Crippen LogP contribution in [0.5, 0.6) is 0 Å². The molecule has 1 saturated heterocycles. The number of hydrogen-bond acceptors (Lipinski definition) is 4. The van der Waals surface area contributed by atoms with Gasteiger partial charge in [-0.3, -0.25) is 9.59 Å². The van der Waals surface area contributed by atoms with Gasteiger partial charge in [0.25, 0.3) is 11.8 Å². The summed E-state index contributed by atoms with van der Waals surface area (Å²) in [5.41, 5.74) is 0.461. The minimum atomic E-state index is -3.25. The minimum Gasteiger partial charge on any atom is -0.396 e. The Morgan fingerprint density at radius 2 is 2.00 bits per heavy atom. The minimum absolute atomic E-state index is 0.154. The van der Waals surface area contributed by atoms with Gasteiger partial charge in [-0.2, -0.15) is 0 Å². The Balaban J connectivity index is 1.80. The van der Waals surface area contributed by atoms with E-state index in [1.807, 2.05) is 13.0 Å². The van der Waals surface area contributed by atoms with Gasteiger partial charge in [-0.05, 0) is 49.8 Å². The van der Waals surface area contributed by atoms with Crippen molar-refractivity contribution in [2.45, 2.75) is 43.7 Å². The van der Waals surface area contributed by atoms with Crippen molar-refractivity contribution in [3.05, 3.63) is 72.3 Å². The molecule has 8 heteroatoms. The molecule has 0 aliphatic carbocycles. The average molecular weight is 483 g/mol. The molecule has 2 heterocycles. The lowest BCUT2D eigenvalue weighted by Crippen LogP contribution is -2.45. The molecule has 2 aromatic rings. The largest absolute Gasteiger partial charge is 0.396 e. The van der Waals surface area contributed by atoms with Crippen molar-refractivity contribution in [3.8, 4) is 0 Å².